The minimum absolute atomic E-state index is 0.00665. The second-order valence-corrected chi connectivity index (χ2v) is 5.96. The molecule has 0 aliphatic carbocycles. The van der Waals surface area contributed by atoms with Gasteiger partial charge in [-0.25, -0.2) is 0 Å². The Labute approximate surface area is 139 Å². The van der Waals surface area contributed by atoms with Crippen LogP contribution in [0.4, 0.5) is 0 Å². The van der Waals surface area contributed by atoms with Crippen LogP contribution in [0.1, 0.15) is 30.1 Å². The largest absolute Gasteiger partial charge is 0.394 e. The Balaban J connectivity index is 2.21. The summed E-state index contributed by atoms with van der Waals surface area (Å²) in [6.45, 7) is 1.96. The molecule has 0 fully saturated rings. The quantitative estimate of drug-likeness (QED) is 0.745. The molecule has 0 saturated carbocycles. The molecule has 2 nitrogen and oxygen atoms in total. The Morgan fingerprint density at radius 1 is 1.00 bits per heavy atom. The van der Waals surface area contributed by atoms with Gasteiger partial charge in [-0.1, -0.05) is 71.2 Å². The zero-order valence-corrected chi connectivity index (χ0v) is 13.8. The standard InChI is InChI=1S/C16H16Cl3NO/c1-10(12-7-8-13(17)16(19)15(12)18)20-14(9-21)11-5-3-2-4-6-11/h2-8,10,14,20-21H,9H2,1H3/t10?,14-/m1/s1. The van der Waals surface area contributed by atoms with Gasteiger partial charge in [0.25, 0.3) is 0 Å². The molecule has 1 unspecified atom stereocenters. The molecule has 2 rings (SSSR count). The second kappa shape index (κ2) is 7.48. The molecule has 112 valence electrons. The number of halogens is 3. The molecule has 0 bridgehead atoms. The van der Waals surface area contributed by atoms with E-state index in [1.165, 1.54) is 0 Å². The topological polar surface area (TPSA) is 32.3 Å². The zero-order valence-electron chi connectivity index (χ0n) is 11.5. The van der Waals surface area contributed by atoms with Crippen molar-refractivity contribution >= 4 is 34.8 Å². The van der Waals surface area contributed by atoms with Crippen molar-refractivity contribution in [2.24, 2.45) is 0 Å². The summed E-state index contributed by atoms with van der Waals surface area (Å²) in [4.78, 5) is 0. The van der Waals surface area contributed by atoms with Crippen molar-refractivity contribution in [2.75, 3.05) is 6.61 Å². The summed E-state index contributed by atoms with van der Waals surface area (Å²) < 4.78 is 0. The fraction of sp³-hybridized carbons (Fsp3) is 0.250. The first-order chi connectivity index (χ1) is 10.0. The van der Waals surface area contributed by atoms with E-state index in [1.807, 2.05) is 43.3 Å². The van der Waals surface area contributed by atoms with Gasteiger partial charge in [-0.15, -0.1) is 0 Å². The van der Waals surface area contributed by atoms with Crippen molar-refractivity contribution in [1.29, 1.82) is 0 Å². The summed E-state index contributed by atoms with van der Waals surface area (Å²) in [6, 6.07) is 13.1. The number of benzene rings is 2. The normalized spacial score (nSPS) is 14.0. The lowest BCUT2D eigenvalue weighted by molar-refractivity contribution is 0.235. The van der Waals surface area contributed by atoms with E-state index < -0.39 is 0 Å². The highest BCUT2D eigenvalue weighted by molar-refractivity contribution is 6.48. The van der Waals surface area contributed by atoms with Crippen molar-refractivity contribution in [3.63, 3.8) is 0 Å². The number of nitrogens with one attached hydrogen (secondary N) is 1. The SMILES string of the molecule is CC(N[C@H](CO)c1ccccc1)c1ccc(Cl)c(Cl)c1Cl. The van der Waals surface area contributed by atoms with Crippen LogP contribution >= 0.6 is 34.8 Å². The van der Waals surface area contributed by atoms with Gasteiger partial charge in [-0.05, 0) is 24.1 Å². The first-order valence-electron chi connectivity index (χ1n) is 6.59. The Hall–Kier alpha value is -0.770. The first-order valence-corrected chi connectivity index (χ1v) is 7.73. The number of hydrogen-bond donors (Lipinski definition) is 2. The number of aliphatic hydroxyl groups is 1. The summed E-state index contributed by atoms with van der Waals surface area (Å²) in [5.74, 6) is 0. The molecule has 2 N–H and O–H groups in total. The highest BCUT2D eigenvalue weighted by atomic mass is 35.5. The van der Waals surface area contributed by atoms with Crippen molar-refractivity contribution in [3.05, 3.63) is 68.7 Å². The summed E-state index contributed by atoms with van der Waals surface area (Å²) in [5, 5.41) is 14.2. The third-order valence-electron chi connectivity index (χ3n) is 3.37. The van der Waals surface area contributed by atoms with E-state index in [0.29, 0.717) is 15.1 Å². The maximum Gasteiger partial charge on any atom is 0.0781 e. The molecule has 21 heavy (non-hydrogen) atoms. The fourth-order valence-electron chi connectivity index (χ4n) is 2.21. The molecule has 0 aliphatic rings. The molecule has 2 atom stereocenters. The lowest BCUT2D eigenvalue weighted by Crippen LogP contribution is -2.27. The van der Waals surface area contributed by atoms with Crippen molar-refractivity contribution < 1.29 is 5.11 Å². The van der Waals surface area contributed by atoms with Crippen molar-refractivity contribution in [3.8, 4) is 0 Å². The zero-order chi connectivity index (χ0) is 15.4. The van der Waals surface area contributed by atoms with Crippen molar-refractivity contribution in [1.82, 2.24) is 5.32 Å². The van der Waals surface area contributed by atoms with Gasteiger partial charge in [0.1, 0.15) is 0 Å². The van der Waals surface area contributed by atoms with Gasteiger partial charge in [0.2, 0.25) is 0 Å². The molecule has 5 heteroatoms. The Kier molecular flexibility index (Phi) is 5.91. The molecule has 0 spiro atoms. The van der Waals surface area contributed by atoms with Gasteiger partial charge >= 0.3 is 0 Å². The molecule has 0 amide bonds. The van der Waals surface area contributed by atoms with Gasteiger partial charge in [0.15, 0.2) is 0 Å². The minimum Gasteiger partial charge on any atom is -0.394 e. The molecule has 0 heterocycles. The third-order valence-corrected chi connectivity index (χ3v) is 4.68. The summed E-state index contributed by atoms with van der Waals surface area (Å²) in [6.07, 6.45) is 0. The molecular formula is C16H16Cl3NO. The van der Waals surface area contributed by atoms with Crippen LogP contribution in [0, 0.1) is 0 Å². The second-order valence-electron chi connectivity index (χ2n) is 4.80. The van der Waals surface area contributed by atoms with E-state index >= 15 is 0 Å². The van der Waals surface area contributed by atoms with Gasteiger partial charge < -0.3 is 10.4 Å². The maximum atomic E-state index is 9.60. The molecule has 0 saturated heterocycles. The Morgan fingerprint density at radius 2 is 1.67 bits per heavy atom. The van der Waals surface area contributed by atoms with E-state index in [-0.39, 0.29) is 18.7 Å². The van der Waals surface area contributed by atoms with Gasteiger partial charge in [-0.3, -0.25) is 0 Å². The molecule has 2 aromatic carbocycles. The van der Waals surface area contributed by atoms with Gasteiger partial charge in [0.05, 0.1) is 27.7 Å². The summed E-state index contributed by atoms with van der Waals surface area (Å²) >= 11 is 18.3. The lowest BCUT2D eigenvalue weighted by Gasteiger charge is -2.23. The highest BCUT2D eigenvalue weighted by Crippen LogP contribution is 2.36. The van der Waals surface area contributed by atoms with E-state index in [4.69, 9.17) is 34.8 Å². The van der Waals surface area contributed by atoms with Crippen LogP contribution in [-0.2, 0) is 0 Å². The van der Waals surface area contributed by atoms with Crippen LogP contribution in [0.25, 0.3) is 0 Å². The van der Waals surface area contributed by atoms with Crippen molar-refractivity contribution in [2.45, 2.75) is 19.0 Å². The smallest absolute Gasteiger partial charge is 0.0781 e. The van der Waals surface area contributed by atoms with Crippen LogP contribution in [0.2, 0.25) is 15.1 Å². The van der Waals surface area contributed by atoms with Crippen LogP contribution in [0.3, 0.4) is 0 Å². The molecule has 0 aliphatic heterocycles. The minimum atomic E-state index is -0.174. The van der Waals surface area contributed by atoms with Gasteiger partial charge in [0, 0.05) is 6.04 Å². The predicted octanol–water partition coefficient (Wildman–Crippen LogP) is 5.03. The van der Waals surface area contributed by atoms with Crippen LogP contribution in [0.5, 0.6) is 0 Å². The average molecular weight is 345 g/mol. The van der Waals surface area contributed by atoms with Gasteiger partial charge in [-0.2, -0.15) is 0 Å². The van der Waals surface area contributed by atoms with Crippen LogP contribution < -0.4 is 5.32 Å². The third kappa shape index (κ3) is 3.91. The monoisotopic (exact) mass is 343 g/mol. The average Bonchev–Trinajstić information content (AvgIpc) is 2.51. The van der Waals surface area contributed by atoms with E-state index in [0.717, 1.165) is 11.1 Å². The van der Waals surface area contributed by atoms with E-state index in [9.17, 15) is 5.11 Å². The predicted molar refractivity (Wildman–Crippen MR) is 89.3 cm³/mol. The summed E-state index contributed by atoms with van der Waals surface area (Å²) in [5.41, 5.74) is 1.86. The molecular weight excluding hydrogens is 329 g/mol. The lowest BCUT2D eigenvalue weighted by atomic mass is 10.0. The Morgan fingerprint density at radius 3 is 2.29 bits per heavy atom. The fourth-order valence-corrected chi connectivity index (χ4v) is 2.91. The number of aliphatic hydroxyl groups excluding tert-OH is 1. The van der Waals surface area contributed by atoms with E-state index in [1.54, 1.807) is 6.07 Å². The van der Waals surface area contributed by atoms with Crippen LogP contribution in [-0.4, -0.2) is 11.7 Å². The number of rotatable bonds is 5. The molecule has 2 aromatic rings. The Bertz CT molecular complexity index is 604. The molecule has 0 radical (unpaired) electrons. The highest BCUT2D eigenvalue weighted by Gasteiger charge is 2.18. The van der Waals surface area contributed by atoms with Crippen LogP contribution in [0.15, 0.2) is 42.5 Å². The van der Waals surface area contributed by atoms with E-state index in [2.05, 4.69) is 5.32 Å². The maximum absolute atomic E-state index is 9.60. The number of hydrogen-bond acceptors (Lipinski definition) is 2. The first kappa shape index (κ1) is 16.6. The summed E-state index contributed by atoms with van der Waals surface area (Å²) in [7, 11) is 0. The molecule has 0 aromatic heterocycles.